The lowest BCUT2D eigenvalue weighted by molar-refractivity contribution is -0.148. The van der Waals surface area contributed by atoms with Crippen molar-refractivity contribution in [1.29, 1.82) is 0 Å². The quantitative estimate of drug-likeness (QED) is 0.719. The number of carboxylic acid groups (broad SMARTS) is 1. The number of esters is 1. The Bertz CT molecular complexity index is 402. The lowest BCUT2D eigenvalue weighted by Gasteiger charge is -2.29. The molecule has 7 heteroatoms. The Balaban J connectivity index is 2.64. The Kier molecular flexibility index (Phi) is 5.99. The second-order valence-electron chi connectivity index (χ2n) is 5.75. The Morgan fingerprint density at radius 2 is 1.86 bits per heavy atom. The van der Waals surface area contributed by atoms with E-state index in [4.69, 9.17) is 0 Å². The second-order valence-corrected chi connectivity index (χ2v) is 5.75. The van der Waals surface area contributed by atoms with Gasteiger partial charge < -0.3 is 20.1 Å². The molecular weight excluding hydrogens is 276 g/mol. The van der Waals surface area contributed by atoms with E-state index in [1.54, 1.807) is 13.8 Å². The fraction of sp³-hybridized carbons (Fsp3) is 0.786. The summed E-state index contributed by atoms with van der Waals surface area (Å²) in [5.74, 6) is -1.38. The van der Waals surface area contributed by atoms with E-state index in [1.807, 2.05) is 0 Å². The van der Waals surface area contributed by atoms with Crippen molar-refractivity contribution in [3.8, 4) is 0 Å². The molecule has 0 atom stereocenters. The predicted octanol–water partition coefficient (Wildman–Crippen LogP) is 1.22. The van der Waals surface area contributed by atoms with E-state index in [0.717, 1.165) is 12.8 Å². The number of methoxy groups -OCH3 is 1. The monoisotopic (exact) mass is 300 g/mol. The molecule has 2 amide bonds. The Morgan fingerprint density at radius 1 is 1.29 bits per heavy atom. The number of amides is 2. The highest BCUT2D eigenvalue weighted by Gasteiger charge is 2.41. The number of urea groups is 1. The molecule has 0 aliphatic heterocycles. The van der Waals surface area contributed by atoms with Crippen molar-refractivity contribution in [2.75, 3.05) is 20.2 Å². The summed E-state index contributed by atoms with van der Waals surface area (Å²) < 4.78 is 4.56. The largest absolute Gasteiger partial charge is 0.481 e. The summed E-state index contributed by atoms with van der Waals surface area (Å²) in [7, 11) is 1.26. The van der Waals surface area contributed by atoms with Crippen LogP contribution in [0.2, 0.25) is 0 Å². The number of aliphatic carboxylic acids is 1. The molecule has 2 N–H and O–H groups in total. The minimum absolute atomic E-state index is 0.0888. The topological polar surface area (TPSA) is 95.9 Å². The van der Waals surface area contributed by atoms with Gasteiger partial charge in [0.1, 0.15) is 6.54 Å². The smallest absolute Gasteiger partial charge is 0.325 e. The second kappa shape index (κ2) is 7.28. The van der Waals surface area contributed by atoms with Crippen LogP contribution in [0.25, 0.3) is 0 Å². The van der Waals surface area contributed by atoms with Gasteiger partial charge in [-0.05, 0) is 26.7 Å². The lowest BCUT2D eigenvalue weighted by Crippen LogP contribution is -2.50. The van der Waals surface area contributed by atoms with Crippen LogP contribution in [0.1, 0.15) is 39.5 Å². The van der Waals surface area contributed by atoms with Crippen LogP contribution in [0.15, 0.2) is 0 Å². The number of carbonyl (C=O) groups is 3. The number of hydrogen-bond acceptors (Lipinski definition) is 4. The molecule has 1 aliphatic rings. The number of carboxylic acids is 1. The SMILES string of the molecule is COC(=O)CN(C(=O)NCC1(C(=O)O)CCCC1)C(C)C. The number of rotatable bonds is 6. The van der Waals surface area contributed by atoms with Gasteiger partial charge in [0.05, 0.1) is 12.5 Å². The first-order valence-corrected chi connectivity index (χ1v) is 7.17. The summed E-state index contributed by atoms with van der Waals surface area (Å²) >= 11 is 0. The van der Waals surface area contributed by atoms with Crippen molar-refractivity contribution in [3.05, 3.63) is 0 Å². The zero-order chi connectivity index (χ0) is 16.0. The van der Waals surface area contributed by atoms with Gasteiger partial charge in [-0.3, -0.25) is 9.59 Å². The molecule has 120 valence electrons. The average molecular weight is 300 g/mol. The lowest BCUT2D eigenvalue weighted by atomic mass is 9.86. The molecule has 1 fully saturated rings. The Morgan fingerprint density at radius 3 is 2.29 bits per heavy atom. The molecular formula is C14H24N2O5. The minimum Gasteiger partial charge on any atom is -0.481 e. The fourth-order valence-corrected chi connectivity index (χ4v) is 2.56. The van der Waals surface area contributed by atoms with Crippen molar-refractivity contribution in [3.63, 3.8) is 0 Å². The van der Waals surface area contributed by atoms with E-state index >= 15 is 0 Å². The summed E-state index contributed by atoms with van der Waals surface area (Å²) in [4.78, 5) is 36.3. The molecule has 0 aromatic carbocycles. The summed E-state index contributed by atoms with van der Waals surface area (Å²) in [5.41, 5.74) is -0.871. The maximum atomic E-state index is 12.2. The Hall–Kier alpha value is -1.79. The standard InChI is InChI=1S/C14H24N2O5/c1-10(2)16(8-11(17)21-3)13(20)15-9-14(12(18)19)6-4-5-7-14/h10H,4-9H2,1-3H3,(H,15,20)(H,18,19). The van der Waals surface area contributed by atoms with Gasteiger partial charge in [0.2, 0.25) is 0 Å². The molecule has 1 saturated carbocycles. The summed E-state index contributed by atoms with van der Waals surface area (Å²) in [6.45, 7) is 3.50. The zero-order valence-electron chi connectivity index (χ0n) is 12.8. The number of carbonyl (C=O) groups excluding carboxylic acids is 2. The van der Waals surface area contributed by atoms with E-state index in [1.165, 1.54) is 12.0 Å². The van der Waals surface area contributed by atoms with Gasteiger partial charge in [0.25, 0.3) is 0 Å². The molecule has 1 aliphatic carbocycles. The number of nitrogens with zero attached hydrogens (tertiary/aromatic N) is 1. The van der Waals surface area contributed by atoms with E-state index in [9.17, 15) is 19.5 Å². The molecule has 0 aromatic rings. The zero-order valence-corrected chi connectivity index (χ0v) is 12.8. The first-order chi connectivity index (χ1) is 9.82. The van der Waals surface area contributed by atoms with Gasteiger partial charge in [-0.15, -0.1) is 0 Å². The Labute approximate surface area is 124 Å². The molecule has 0 spiro atoms. The molecule has 0 saturated heterocycles. The normalized spacial score (nSPS) is 16.6. The third kappa shape index (κ3) is 4.34. The predicted molar refractivity (Wildman–Crippen MR) is 75.8 cm³/mol. The van der Waals surface area contributed by atoms with E-state index in [-0.39, 0.29) is 19.1 Å². The molecule has 0 radical (unpaired) electrons. The van der Waals surface area contributed by atoms with Crippen LogP contribution in [0.3, 0.4) is 0 Å². The summed E-state index contributed by atoms with van der Waals surface area (Å²) in [6.07, 6.45) is 2.86. The van der Waals surface area contributed by atoms with Gasteiger partial charge in [-0.1, -0.05) is 12.8 Å². The van der Waals surface area contributed by atoms with Crippen molar-refractivity contribution >= 4 is 18.0 Å². The first-order valence-electron chi connectivity index (χ1n) is 7.17. The third-order valence-electron chi connectivity index (χ3n) is 4.00. The van der Waals surface area contributed by atoms with E-state index in [0.29, 0.717) is 12.8 Å². The minimum atomic E-state index is -0.871. The average Bonchev–Trinajstić information content (AvgIpc) is 2.91. The molecule has 0 heterocycles. The molecule has 21 heavy (non-hydrogen) atoms. The van der Waals surface area contributed by atoms with Crippen LogP contribution in [-0.2, 0) is 14.3 Å². The van der Waals surface area contributed by atoms with Crippen LogP contribution in [0.4, 0.5) is 4.79 Å². The van der Waals surface area contributed by atoms with Gasteiger partial charge in [-0.25, -0.2) is 4.79 Å². The number of hydrogen-bond donors (Lipinski definition) is 2. The fourth-order valence-electron chi connectivity index (χ4n) is 2.56. The van der Waals surface area contributed by atoms with Gasteiger partial charge in [0.15, 0.2) is 0 Å². The summed E-state index contributed by atoms with van der Waals surface area (Å²) in [6, 6.07) is -0.628. The highest BCUT2D eigenvalue weighted by atomic mass is 16.5. The first kappa shape index (κ1) is 17.3. The van der Waals surface area contributed by atoms with Gasteiger partial charge in [0, 0.05) is 12.6 Å². The number of ether oxygens (including phenoxy) is 1. The third-order valence-corrected chi connectivity index (χ3v) is 4.00. The van der Waals surface area contributed by atoms with Gasteiger partial charge >= 0.3 is 18.0 Å². The van der Waals surface area contributed by atoms with Crippen molar-refractivity contribution in [2.45, 2.75) is 45.6 Å². The maximum Gasteiger partial charge on any atom is 0.325 e. The molecule has 1 rings (SSSR count). The molecule has 0 unspecified atom stereocenters. The van der Waals surface area contributed by atoms with Crippen LogP contribution in [-0.4, -0.2) is 54.2 Å². The van der Waals surface area contributed by atoms with Crippen molar-refractivity contribution < 1.29 is 24.2 Å². The van der Waals surface area contributed by atoms with E-state index in [2.05, 4.69) is 10.1 Å². The molecule has 0 aromatic heterocycles. The van der Waals surface area contributed by atoms with Crippen LogP contribution in [0, 0.1) is 5.41 Å². The van der Waals surface area contributed by atoms with Crippen LogP contribution in [0.5, 0.6) is 0 Å². The summed E-state index contributed by atoms with van der Waals surface area (Å²) in [5, 5.41) is 12.0. The van der Waals surface area contributed by atoms with Crippen molar-refractivity contribution in [1.82, 2.24) is 10.2 Å². The van der Waals surface area contributed by atoms with Crippen LogP contribution < -0.4 is 5.32 Å². The highest BCUT2D eigenvalue weighted by molar-refractivity contribution is 5.82. The van der Waals surface area contributed by atoms with Gasteiger partial charge in [-0.2, -0.15) is 0 Å². The van der Waals surface area contributed by atoms with E-state index < -0.39 is 23.4 Å². The highest BCUT2D eigenvalue weighted by Crippen LogP contribution is 2.37. The molecule has 7 nitrogen and oxygen atoms in total. The number of nitrogens with one attached hydrogen (secondary N) is 1. The van der Waals surface area contributed by atoms with Crippen molar-refractivity contribution in [2.24, 2.45) is 5.41 Å². The van der Waals surface area contributed by atoms with Crippen LogP contribution >= 0.6 is 0 Å². The maximum absolute atomic E-state index is 12.2. The molecule has 0 bridgehead atoms.